The third-order valence-electron chi connectivity index (χ3n) is 4.25. The molecule has 17 heavy (non-hydrogen) atoms. The van der Waals surface area contributed by atoms with Gasteiger partial charge < -0.3 is 14.6 Å². The number of nitrogens with one attached hydrogen (secondary N) is 1. The van der Waals surface area contributed by atoms with Gasteiger partial charge in [0.15, 0.2) is 0 Å². The molecule has 4 heteroatoms. The topological polar surface area (TPSA) is 39.1 Å². The Labute approximate surface area is 102 Å². The fourth-order valence-corrected chi connectivity index (χ4v) is 3.01. The van der Waals surface area contributed by atoms with Gasteiger partial charge in [0, 0.05) is 31.0 Å². The predicted molar refractivity (Wildman–Crippen MR) is 66.1 cm³/mol. The van der Waals surface area contributed by atoms with Gasteiger partial charge in [-0.3, -0.25) is 0 Å². The number of methoxy groups -OCH3 is 1. The summed E-state index contributed by atoms with van der Waals surface area (Å²) in [5, 5.41) is 3.42. The first-order valence-electron chi connectivity index (χ1n) is 6.63. The van der Waals surface area contributed by atoms with E-state index in [2.05, 4.69) is 21.1 Å². The Kier molecular flexibility index (Phi) is 3.16. The summed E-state index contributed by atoms with van der Waals surface area (Å²) in [6.07, 6.45) is 9.31. The monoisotopic (exact) mass is 235 g/mol. The van der Waals surface area contributed by atoms with E-state index in [-0.39, 0.29) is 0 Å². The SMILES string of the molecule is COC1CC(n2cncc2C2CCNCC2)C1. The Morgan fingerprint density at radius 1 is 1.35 bits per heavy atom. The quantitative estimate of drug-likeness (QED) is 0.866. The van der Waals surface area contributed by atoms with Crippen molar-refractivity contribution in [2.45, 2.75) is 43.7 Å². The van der Waals surface area contributed by atoms with Crippen LogP contribution in [0.25, 0.3) is 0 Å². The third kappa shape index (κ3) is 2.11. The lowest BCUT2D eigenvalue weighted by Gasteiger charge is -2.37. The van der Waals surface area contributed by atoms with E-state index in [1.165, 1.54) is 18.5 Å². The van der Waals surface area contributed by atoms with E-state index in [0.29, 0.717) is 18.1 Å². The van der Waals surface area contributed by atoms with Crippen molar-refractivity contribution in [2.24, 2.45) is 0 Å². The van der Waals surface area contributed by atoms with Crippen LogP contribution < -0.4 is 5.32 Å². The zero-order chi connectivity index (χ0) is 11.7. The summed E-state index contributed by atoms with van der Waals surface area (Å²) < 4.78 is 7.75. The molecule has 1 saturated carbocycles. The molecule has 94 valence electrons. The van der Waals surface area contributed by atoms with Gasteiger partial charge in [-0.25, -0.2) is 4.98 Å². The van der Waals surface area contributed by atoms with Crippen LogP contribution in [0.4, 0.5) is 0 Å². The molecule has 1 aromatic heterocycles. The molecule has 0 bridgehead atoms. The third-order valence-corrected chi connectivity index (χ3v) is 4.25. The van der Waals surface area contributed by atoms with Crippen LogP contribution in [0.5, 0.6) is 0 Å². The first-order valence-corrected chi connectivity index (χ1v) is 6.63. The summed E-state index contributed by atoms with van der Waals surface area (Å²) in [5.41, 5.74) is 1.44. The largest absolute Gasteiger partial charge is 0.381 e. The molecule has 0 amide bonds. The van der Waals surface area contributed by atoms with Crippen LogP contribution >= 0.6 is 0 Å². The van der Waals surface area contributed by atoms with Crippen LogP contribution in [0, 0.1) is 0 Å². The highest BCUT2D eigenvalue weighted by molar-refractivity contribution is 5.10. The van der Waals surface area contributed by atoms with E-state index in [1.54, 1.807) is 0 Å². The fraction of sp³-hybridized carbons (Fsp3) is 0.769. The molecule has 0 unspecified atom stereocenters. The van der Waals surface area contributed by atoms with Gasteiger partial charge in [-0.15, -0.1) is 0 Å². The zero-order valence-electron chi connectivity index (χ0n) is 10.4. The van der Waals surface area contributed by atoms with E-state index in [9.17, 15) is 0 Å². The number of ether oxygens (including phenoxy) is 1. The number of aromatic nitrogens is 2. The molecule has 1 aromatic rings. The minimum Gasteiger partial charge on any atom is -0.381 e. The van der Waals surface area contributed by atoms with Crippen molar-refractivity contribution < 1.29 is 4.74 Å². The summed E-state index contributed by atoms with van der Waals surface area (Å²) in [6.45, 7) is 2.28. The van der Waals surface area contributed by atoms with Gasteiger partial charge in [-0.05, 0) is 38.8 Å². The molecule has 3 rings (SSSR count). The van der Waals surface area contributed by atoms with Crippen molar-refractivity contribution in [2.75, 3.05) is 20.2 Å². The second-order valence-corrected chi connectivity index (χ2v) is 5.23. The predicted octanol–water partition coefficient (Wildman–Crippen LogP) is 1.70. The second-order valence-electron chi connectivity index (χ2n) is 5.23. The first-order chi connectivity index (χ1) is 8.38. The molecular weight excluding hydrogens is 214 g/mol. The summed E-state index contributed by atoms with van der Waals surface area (Å²) in [4.78, 5) is 4.35. The Hall–Kier alpha value is -0.870. The minimum absolute atomic E-state index is 0.461. The van der Waals surface area contributed by atoms with Crippen molar-refractivity contribution in [1.29, 1.82) is 0 Å². The summed E-state index contributed by atoms with van der Waals surface area (Å²) >= 11 is 0. The maximum absolute atomic E-state index is 5.36. The van der Waals surface area contributed by atoms with Crippen molar-refractivity contribution >= 4 is 0 Å². The van der Waals surface area contributed by atoms with Gasteiger partial charge in [0.05, 0.1) is 12.4 Å². The highest BCUT2D eigenvalue weighted by Gasteiger charge is 2.32. The van der Waals surface area contributed by atoms with Gasteiger partial charge in [-0.1, -0.05) is 0 Å². The number of nitrogens with zero attached hydrogens (tertiary/aromatic N) is 2. The van der Waals surface area contributed by atoms with Crippen LogP contribution in [0.3, 0.4) is 0 Å². The molecule has 0 aromatic carbocycles. The molecule has 0 atom stereocenters. The smallest absolute Gasteiger partial charge is 0.0950 e. The Morgan fingerprint density at radius 2 is 2.12 bits per heavy atom. The highest BCUT2D eigenvalue weighted by atomic mass is 16.5. The summed E-state index contributed by atoms with van der Waals surface area (Å²) in [7, 11) is 1.81. The van der Waals surface area contributed by atoms with Crippen LogP contribution in [0.1, 0.15) is 43.3 Å². The van der Waals surface area contributed by atoms with E-state index >= 15 is 0 Å². The minimum atomic E-state index is 0.461. The average Bonchev–Trinajstić information content (AvgIpc) is 2.78. The lowest BCUT2D eigenvalue weighted by Crippen LogP contribution is -2.34. The molecule has 0 spiro atoms. The molecule has 1 aliphatic heterocycles. The van der Waals surface area contributed by atoms with E-state index in [4.69, 9.17) is 4.74 Å². The number of hydrogen-bond acceptors (Lipinski definition) is 3. The Bertz CT molecular complexity index is 364. The lowest BCUT2D eigenvalue weighted by atomic mass is 9.87. The van der Waals surface area contributed by atoms with Gasteiger partial charge in [0.2, 0.25) is 0 Å². The molecule has 1 N–H and O–H groups in total. The highest BCUT2D eigenvalue weighted by Crippen LogP contribution is 2.37. The van der Waals surface area contributed by atoms with Gasteiger partial charge in [0.1, 0.15) is 0 Å². The maximum atomic E-state index is 5.36. The van der Waals surface area contributed by atoms with E-state index in [1.807, 2.05) is 13.4 Å². The number of piperidine rings is 1. The van der Waals surface area contributed by atoms with E-state index < -0.39 is 0 Å². The Morgan fingerprint density at radius 3 is 2.82 bits per heavy atom. The molecule has 2 heterocycles. The zero-order valence-corrected chi connectivity index (χ0v) is 10.4. The molecule has 4 nitrogen and oxygen atoms in total. The maximum Gasteiger partial charge on any atom is 0.0950 e. The number of hydrogen-bond donors (Lipinski definition) is 1. The fourth-order valence-electron chi connectivity index (χ4n) is 3.01. The van der Waals surface area contributed by atoms with Gasteiger partial charge >= 0.3 is 0 Å². The molecule has 1 saturated heterocycles. The van der Waals surface area contributed by atoms with Crippen molar-refractivity contribution in [3.8, 4) is 0 Å². The summed E-state index contributed by atoms with van der Waals surface area (Å²) in [5.74, 6) is 0.695. The lowest BCUT2D eigenvalue weighted by molar-refractivity contribution is 0.00504. The van der Waals surface area contributed by atoms with Crippen molar-refractivity contribution in [3.63, 3.8) is 0 Å². The molecular formula is C13H21N3O. The molecule has 1 aliphatic carbocycles. The van der Waals surface area contributed by atoms with Gasteiger partial charge in [-0.2, -0.15) is 0 Å². The van der Waals surface area contributed by atoms with Crippen LogP contribution in [-0.2, 0) is 4.74 Å². The second kappa shape index (κ2) is 4.78. The van der Waals surface area contributed by atoms with Crippen molar-refractivity contribution in [1.82, 2.24) is 14.9 Å². The number of rotatable bonds is 3. The first kappa shape index (κ1) is 11.2. The van der Waals surface area contributed by atoms with Crippen molar-refractivity contribution in [3.05, 3.63) is 18.2 Å². The van der Waals surface area contributed by atoms with Crippen LogP contribution in [0.15, 0.2) is 12.5 Å². The normalized spacial score (nSPS) is 30.2. The molecule has 2 aliphatic rings. The molecule has 2 fully saturated rings. The summed E-state index contributed by atoms with van der Waals surface area (Å²) in [6, 6.07) is 0.618. The average molecular weight is 235 g/mol. The standard InChI is InChI=1S/C13H21N3O/c1-17-12-6-11(7-12)16-9-15-8-13(16)10-2-4-14-5-3-10/h8-12,14H,2-7H2,1H3. The van der Waals surface area contributed by atoms with Crippen LogP contribution in [-0.4, -0.2) is 35.9 Å². The van der Waals surface area contributed by atoms with E-state index in [0.717, 1.165) is 25.9 Å². The Balaban J connectivity index is 1.71. The molecule has 0 radical (unpaired) electrons. The van der Waals surface area contributed by atoms with Crippen LogP contribution in [0.2, 0.25) is 0 Å². The number of imidazole rings is 1. The van der Waals surface area contributed by atoms with Gasteiger partial charge in [0.25, 0.3) is 0 Å².